The number of nitrogens with zero attached hydrogens (tertiary/aromatic N) is 1. The second kappa shape index (κ2) is 5.58. The van der Waals surface area contributed by atoms with Crippen LogP contribution in [0.3, 0.4) is 0 Å². The van der Waals surface area contributed by atoms with E-state index in [-0.39, 0.29) is 11.7 Å². The topological polar surface area (TPSA) is 80.0 Å². The Kier molecular flexibility index (Phi) is 4.06. The number of thiazole rings is 1. The molecule has 2 aromatic rings. The number of nitrogen functional groups attached to an aromatic ring is 1. The lowest BCUT2D eigenvalue weighted by atomic mass is 10.2. The molecule has 0 bridgehead atoms. The molecule has 0 aliphatic rings. The van der Waals surface area contributed by atoms with E-state index >= 15 is 0 Å². The number of amides is 1. The minimum atomic E-state index is -0.256. The smallest absolute Gasteiger partial charge is 0.269 e. The quantitative estimate of drug-likeness (QED) is 0.801. The van der Waals surface area contributed by atoms with Crippen molar-refractivity contribution >= 4 is 49.8 Å². The SMILES string of the molecule is CNc1nc(N)c(C(=O)Nc2cc(C)cc(Br)c2)s1. The monoisotopic (exact) mass is 340 g/mol. The molecular formula is C12H13BrN4OS. The molecule has 0 spiro atoms. The van der Waals surface area contributed by atoms with Gasteiger partial charge in [-0.25, -0.2) is 4.98 Å². The van der Waals surface area contributed by atoms with Gasteiger partial charge < -0.3 is 16.4 Å². The van der Waals surface area contributed by atoms with Crippen LogP contribution in [0.15, 0.2) is 22.7 Å². The maximum absolute atomic E-state index is 12.1. The van der Waals surface area contributed by atoms with Gasteiger partial charge in [0, 0.05) is 17.2 Å². The number of nitrogens with one attached hydrogen (secondary N) is 2. The predicted octanol–water partition coefficient (Wildman–Crippen LogP) is 3.09. The number of carbonyl (C=O) groups excluding carboxylic acids is 1. The van der Waals surface area contributed by atoms with Crippen molar-refractivity contribution in [2.45, 2.75) is 6.92 Å². The highest BCUT2D eigenvalue weighted by Gasteiger charge is 2.16. The minimum Gasteiger partial charge on any atom is -0.382 e. The molecule has 0 saturated carbocycles. The number of nitrogens with two attached hydrogens (primary N) is 1. The summed E-state index contributed by atoms with van der Waals surface area (Å²) in [6.45, 7) is 1.96. The van der Waals surface area contributed by atoms with Gasteiger partial charge in [-0.15, -0.1) is 0 Å². The summed E-state index contributed by atoms with van der Waals surface area (Å²) in [4.78, 5) is 16.6. The minimum absolute atomic E-state index is 0.235. The summed E-state index contributed by atoms with van der Waals surface area (Å²) in [6.07, 6.45) is 0. The molecule has 100 valence electrons. The largest absolute Gasteiger partial charge is 0.382 e. The van der Waals surface area contributed by atoms with E-state index in [9.17, 15) is 4.79 Å². The highest BCUT2D eigenvalue weighted by atomic mass is 79.9. The summed E-state index contributed by atoms with van der Waals surface area (Å²) in [5.74, 6) is -0.0208. The lowest BCUT2D eigenvalue weighted by Crippen LogP contribution is -2.12. The Bertz CT molecular complexity index is 606. The molecular weight excluding hydrogens is 328 g/mol. The molecule has 1 aromatic heterocycles. The standard InChI is InChI=1S/C12H13BrN4OS/c1-6-3-7(13)5-8(4-6)16-11(18)9-10(14)17-12(15-2)19-9/h3-5H,14H2,1-2H3,(H,15,17)(H,16,18). The number of carbonyl (C=O) groups is 1. The number of rotatable bonds is 3. The lowest BCUT2D eigenvalue weighted by molar-refractivity contribution is 0.103. The van der Waals surface area contributed by atoms with Crippen molar-refractivity contribution in [3.63, 3.8) is 0 Å². The Morgan fingerprint density at radius 1 is 1.42 bits per heavy atom. The summed E-state index contributed by atoms with van der Waals surface area (Å²) in [7, 11) is 1.73. The number of halogens is 1. The van der Waals surface area contributed by atoms with Gasteiger partial charge in [-0.3, -0.25) is 4.79 Å². The van der Waals surface area contributed by atoms with Crippen molar-refractivity contribution in [3.05, 3.63) is 33.1 Å². The average Bonchev–Trinajstić information content (AvgIpc) is 2.69. The first-order valence-electron chi connectivity index (χ1n) is 5.52. The molecule has 4 N–H and O–H groups in total. The van der Waals surface area contributed by atoms with Crippen molar-refractivity contribution in [1.82, 2.24) is 4.98 Å². The van der Waals surface area contributed by atoms with Crippen molar-refractivity contribution in [3.8, 4) is 0 Å². The highest BCUT2D eigenvalue weighted by Crippen LogP contribution is 2.26. The van der Waals surface area contributed by atoms with Crippen LogP contribution in [-0.2, 0) is 0 Å². The number of aryl methyl sites for hydroxylation is 1. The first kappa shape index (κ1) is 13.8. The normalized spacial score (nSPS) is 10.3. The fourth-order valence-corrected chi connectivity index (χ4v) is 2.94. The van der Waals surface area contributed by atoms with Gasteiger partial charge in [0.25, 0.3) is 5.91 Å². The van der Waals surface area contributed by atoms with Gasteiger partial charge in [0.2, 0.25) is 0 Å². The second-order valence-electron chi connectivity index (χ2n) is 3.95. The lowest BCUT2D eigenvalue weighted by Gasteiger charge is -2.05. The summed E-state index contributed by atoms with van der Waals surface area (Å²) >= 11 is 4.62. The summed E-state index contributed by atoms with van der Waals surface area (Å²) in [6, 6.07) is 5.69. The van der Waals surface area contributed by atoms with Crippen LogP contribution < -0.4 is 16.4 Å². The van der Waals surface area contributed by atoms with Gasteiger partial charge in [-0.05, 0) is 30.7 Å². The Hall–Kier alpha value is -1.60. The molecule has 2 rings (SSSR count). The molecule has 5 nitrogen and oxygen atoms in total. The molecule has 1 aromatic carbocycles. The maximum Gasteiger partial charge on any atom is 0.269 e. The predicted molar refractivity (Wildman–Crippen MR) is 82.9 cm³/mol. The zero-order valence-electron chi connectivity index (χ0n) is 10.5. The molecule has 0 atom stereocenters. The van der Waals surface area contributed by atoms with E-state index in [1.807, 2.05) is 25.1 Å². The van der Waals surface area contributed by atoms with Crippen LogP contribution in [0.4, 0.5) is 16.6 Å². The van der Waals surface area contributed by atoms with Gasteiger partial charge in [0.05, 0.1) is 0 Å². The van der Waals surface area contributed by atoms with Crippen LogP contribution >= 0.6 is 27.3 Å². The van der Waals surface area contributed by atoms with Gasteiger partial charge in [-0.1, -0.05) is 27.3 Å². The molecule has 1 heterocycles. The van der Waals surface area contributed by atoms with Gasteiger partial charge in [0.15, 0.2) is 5.13 Å². The van der Waals surface area contributed by atoms with Crippen LogP contribution in [0.5, 0.6) is 0 Å². The van der Waals surface area contributed by atoms with Crippen molar-refractivity contribution in [2.24, 2.45) is 0 Å². The summed E-state index contributed by atoms with van der Waals surface area (Å²) < 4.78 is 0.913. The first-order valence-corrected chi connectivity index (χ1v) is 7.13. The van der Waals surface area contributed by atoms with Crippen LogP contribution in [-0.4, -0.2) is 17.9 Å². The Morgan fingerprint density at radius 3 is 2.74 bits per heavy atom. The van der Waals surface area contributed by atoms with E-state index in [2.05, 4.69) is 31.5 Å². The molecule has 1 amide bonds. The second-order valence-corrected chi connectivity index (χ2v) is 5.87. The van der Waals surface area contributed by atoms with Crippen LogP contribution in [0.25, 0.3) is 0 Å². The fraction of sp³-hybridized carbons (Fsp3) is 0.167. The molecule has 0 unspecified atom stereocenters. The number of hydrogen-bond donors (Lipinski definition) is 3. The summed E-state index contributed by atoms with van der Waals surface area (Å²) in [5.41, 5.74) is 7.49. The first-order chi connectivity index (χ1) is 8.99. The number of anilines is 3. The van der Waals surface area contributed by atoms with Gasteiger partial charge in [0.1, 0.15) is 10.7 Å². The average molecular weight is 341 g/mol. The molecule has 0 saturated heterocycles. The van der Waals surface area contributed by atoms with E-state index in [1.165, 1.54) is 11.3 Å². The molecule has 19 heavy (non-hydrogen) atoms. The van der Waals surface area contributed by atoms with E-state index in [0.717, 1.165) is 15.7 Å². The van der Waals surface area contributed by atoms with E-state index in [1.54, 1.807) is 7.05 Å². The number of aromatic nitrogens is 1. The van der Waals surface area contributed by atoms with Gasteiger partial charge in [-0.2, -0.15) is 0 Å². The third kappa shape index (κ3) is 3.24. The maximum atomic E-state index is 12.1. The van der Waals surface area contributed by atoms with Crippen LogP contribution in [0.1, 0.15) is 15.2 Å². The fourth-order valence-electron chi connectivity index (χ4n) is 1.60. The summed E-state index contributed by atoms with van der Waals surface area (Å²) in [5, 5.41) is 6.30. The van der Waals surface area contributed by atoms with E-state index in [4.69, 9.17) is 5.73 Å². The van der Waals surface area contributed by atoms with Crippen LogP contribution in [0.2, 0.25) is 0 Å². The molecule has 0 aliphatic heterocycles. The zero-order chi connectivity index (χ0) is 14.0. The third-order valence-electron chi connectivity index (χ3n) is 2.37. The molecule has 7 heteroatoms. The molecule has 0 aliphatic carbocycles. The Morgan fingerprint density at radius 2 is 2.16 bits per heavy atom. The third-order valence-corrected chi connectivity index (χ3v) is 3.92. The van der Waals surface area contributed by atoms with Crippen molar-refractivity contribution < 1.29 is 4.79 Å². The zero-order valence-corrected chi connectivity index (χ0v) is 12.9. The highest BCUT2D eigenvalue weighted by molar-refractivity contribution is 9.10. The molecule has 0 radical (unpaired) electrons. The number of hydrogen-bond acceptors (Lipinski definition) is 5. The van der Waals surface area contributed by atoms with E-state index in [0.29, 0.717) is 10.0 Å². The van der Waals surface area contributed by atoms with E-state index < -0.39 is 0 Å². The van der Waals surface area contributed by atoms with Crippen LogP contribution in [0, 0.1) is 6.92 Å². The van der Waals surface area contributed by atoms with Gasteiger partial charge >= 0.3 is 0 Å². The van der Waals surface area contributed by atoms with Crippen molar-refractivity contribution in [2.75, 3.05) is 23.4 Å². The van der Waals surface area contributed by atoms with Crippen molar-refractivity contribution in [1.29, 1.82) is 0 Å². The molecule has 0 fully saturated rings. The number of benzene rings is 1. The Balaban J connectivity index is 2.22. The Labute approximate surface area is 123 Å².